The Labute approximate surface area is 153 Å². The fourth-order valence-corrected chi connectivity index (χ4v) is 2.61. The lowest BCUT2D eigenvalue weighted by molar-refractivity contribution is -0.165. The highest BCUT2D eigenvalue weighted by Gasteiger charge is 2.29. The Bertz CT molecular complexity index is 702. The number of hydrogen-bond acceptors (Lipinski definition) is 7. The number of fused-ring (bicyclic) bond motifs is 1. The van der Waals surface area contributed by atoms with Gasteiger partial charge in [-0.15, -0.1) is 11.6 Å². The van der Waals surface area contributed by atoms with Crippen LogP contribution in [0, 0.1) is 6.92 Å². The second-order valence-electron chi connectivity index (χ2n) is 5.65. The van der Waals surface area contributed by atoms with Crippen molar-refractivity contribution in [3.05, 3.63) is 27.4 Å². The number of halogens is 1. The lowest BCUT2D eigenvalue weighted by Gasteiger charge is -2.23. The number of aliphatic hydroxyl groups is 3. The van der Waals surface area contributed by atoms with Crippen LogP contribution in [0.4, 0.5) is 0 Å². The number of carbonyl (C=O) groups is 2. The molecule has 0 aliphatic carbocycles. The number of aryl methyl sites for hydroxylation is 1. The number of nitrogens with zero attached hydrogens (tertiary/aromatic N) is 2. The van der Waals surface area contributed by atoms with Gasteiger partial charge in [0.25, 0.3) is 5.56 Å². The largest absolute Gasteiger partial charge is 0.479 e. The predicted octanol–water partition coefficient (Wildman–Crippen LogP) is -0.962. The maximum atomic E-state index is 12.1. The van der Waals surface area contributed by atoms with Crippen molar-refractivity contribution in [2.24, 2.45) is 0 Å². The van der Waals surface area contributed by atoms with Crippen molar-refractivity contribution in [2.75, 3.05) is 5.88 Å². The average molecular weight is 393 g/mol. The number of hydrogen-bond donors (Lipinski definition) is 5. The minimum atomic E-state index is -2.27. The molecule has 146 valence electrons. The predicted molar refractivity (Wildman–Crippen MR) is 89.1 cm³/mol. The molecule has 0 saturated heterocycles. The highest BCUT2D eigenvalue weighted by atomic mass is 35.5. The molecule has 0 amide bonds. The van der Waals surface area contributed by atoms with Crippen molar-refractivity contribution in [2.45, 2.75) is 51.0 Å². The van der Waals surface area contributed by atoms with Gasteiger partial charge < -0.3 is 25.5 Å². The minimum absolute atomic E-state index is 0.0399. The van der Waals surface area contributed by atoms with Crippen LogP contribution < -0.4 is 5.56 Å². The van der Waals surface area contributed by atoms with Gasteiger partial charge in [0, 0.05) is 23.7 Å². The number of aromatic nitrogens is 2. The van der Waals surface area contributed by atoms with Crippen molar-refractivity contribution in [3.8, 4) is 0 Å². The molecular weight excluding hydrogens is 372 g/mol. The van der Waals surface area contributed by atoms with Crippen LogP contribution in [0.25, 0.3) is 0 Å². The monoisotopic (exact) mass is 392 g/mol. The van der Waals surface area contributed by atoms with E-state index < -0.39 is 30.3 Å². The van der Waals surface area contributed by atoms with E-state index in [9.17, 15) is 19.5 Å². The summed E-state index contributed by atoms with van der Waals surface area (Å²) < 4.78 is 1.59. The summed E-state index contributed by atoms with van der Waals surface area (Å²) in [4.78, 5) is 36.0. The number of carboxylic acid groups (broad SMARTS) is 2. The molecule has 10 nitrogen and oxygen atoms in total. The molecule has 0 aromatic carbocycles. The number of alkyl halides is 1. The molecule has 0 saturated carbocycles. The van der Waals surface area contributed by atoms with E-state index >= 15 is 0 Å². The summed E-state index contributed by atoms with van der Waals surface area (Å²) in [5.41, 5.74) is 1.33. The SMILES string of the molecule is Cc1nc2n(c(=O)c1CCCl)CCCC2O.O=C(O)C(O)C(O)C(=O)O. The van der Waals surface area contributed by atoms with Gasteiger partial charge in [0.1, 0.15) is 11.9 Å². The third-order valence-electron chi connectivity index (χ3n) is 3.81. The molecule has 1 aromatic rings. The molecular formula is C15H21ClN2O8. The standard InChI is InChI=1S/C11H15ClN2O2.C4H6O6/c1-7-8(4-5-12)11(16)14-6-2-3-9(15)10(14)13-7;5-1(3(7)8)2(6)4(9)10/h9,15H,2-6H2,1H3;1-2,5-6H,(H,7,8)(H,9,10). The van der Waals surface area contributed by atoms with Gasteiger partial charge in [-0.2, -0.15) is 0 Å². The van der Waals surface area contributed by atoms with Crippen LogP contribution in [0.3, 0.4) is 0 Å². The van der Waals surface area contributed by atoms with Gasteiger partial charge in [0.2, 0.25) is 0 Å². The molecule has 3 atom stereocenters. The molecule has 1 aliphatic heterocycles. The molecule has 0 fully saturated rings. The van der Waals surface area contributed by atoms with E-state index in [1.165, 1.54) is 0 Å². The zero-order valence-corrected chi connectivity index (χ0v) is 14.8. The van der Waals surface area contributed by atoms with Crippen LogP contribution >= 0.6 is 11.6 Å². The first-order valence-electron chi connectivity index (χ1n) is 7.77. The van der Waals surface area contributed by atoms with Crippen LogP contribution in [0.15, 0.2) is 4.79 Å². The molecule has 0 spiro atoms. The molecule has 26 heavy (non-hydrogen) atoms. The van der Waals surface area contributed by atoms with E-state index in [1.807, 2.05) is 0 Å². The molecule has 1 aromatic heterocycles. The van der Waals surface area contributed by atoms with Crippen molar-refractivity contribution < 1.29 is 35.1 Å². The lowest BCUT2D eigenvalue weighted by atomic mass is 10.1. The van der Waals surface area contributed by atoms with Crippen LogP contribution in [-0.4, -0.2) is 65.1 Å². The van der Waals surface area contributed by atoms with E-state index in [-0.39, 0.29) is 5.56 Å². The Morgan fingerprint density at radius 1 is 1.27 bits per heavy atom. The Morgan fingerprint density at radius 2 is 1.81 bits per heavy atom. The Kier molecular flexibility index (Phi) is 8.15. The zero-order valence-electron chi connectivity index (χ0n) is 14.0. The van der Waals surface area contributed by atoms with Gasteiger partial charge in [0.05, 0.1) is 0 Å². The first-order chi connectivity index (χ1) is 12.1. The maximum absolute atomic E-state index is 12.1. The van der Waals surface area contributed by atoms with E-state index in [2.05, 4.69) is 4.98 Å². The fraction of sp³-hybridized carbons (Fsp3) is 0.600. The van der Waals surface area contributed by atoms with Gasteiger partial charge in [-0.25, -0.2) is 14.6 Å². The van der Waals surface area contributed by atoms with Crippen LogP contribution in [0.5, 0.6) is 0 Å². The van der Waals surface area contributed by atoms with Gasteiger partial charge in [-0.05, 0) is 26.2 Å². The van der Waals surface area contributed by atoms with Crippen molar-refractivity contribution in [1.82, 2.24) is 9.55 Å². The molecule has 1 aliphatic rings. The molecule has 11 heteroatoms. The summed E-state index contributed by atoms with van der Waals surface area (Å²) in [5.74, 6) is -2.61. The van der Waals surface area contributed by atoms with E-state index in [1.54, 1.807) is 11.5 Å². The van der Waals surface area contributed by atoms with Crippen molar-refractivity contribution >= 4 is 23.5 Å². The molecule has 0 radical (unpaired) electrons. The van der Waals surface area contributed by atoms with Crippen LogP contribution in [-0.2, 0) is 22.6 Å². The van der Waals surface area contributed by atoms with Gasteiger partial charge in [0.15, 0.2) is 12.2 Å². The third kappa shape index (κ3) is 5.24. The molecule has 3 unspecified atom stereocenters. The highest BCUT2D eigenvalue weighted by Crippen LogP contribution is 2.22. The van der Waals surface area contributed by atoms with E-state index in [0.29, 0.717) is 42.3 Å². The average Bonchev–Trinajstić information content (AvgIpc) is 2.58. The normalized spacial score (nSPS) is 18.1. The summed E-state index contributed by atoms with van der Waals surface area (Å²) in [6.07, 6.45) is -3.10. The first kappa shape index (κ1) is 22.0. The lowest BCUT2D eigenvalue weighted by Crippen LogP contribution is -2.39. The maximum Gasteiger partial charge on any atom is 0.335 e. The topological polar surface area (TPSA) is 170 Å². The Balaban J connectivity index is 0.000000294. The van der Waals surface area contributed by atoms with Gasteiger partial charge in [-0.1, -0.05) is 0 Å². The number of aliphatic hydroxyl groups excluding tert-OH is 3. The highest BCUT2D eigenvalue weighted by molar-refractivity contribution is 6.18. The summed E-state index contributed by atoms with van der Waals surface area (Å²) in [7, 11) is 0. The van der Waals surface area contributed by atoms with Gasteiger partial charge >= 0.3 is 11.9 Å². The third-order valence-corrected chi connectivity index (χ3v) is 3.99. The second kappa shape index (κ2) is 9.62. The van der Waals surface area contributed by atoms with Crippen molar-refractivity contribution in [1.29, 1.82) is 0 Å². The molecule has 2 heterocycles. The summed E-state index contributed by atoms with van der Waals surface area (Å²) in [6.45, 7) is 2.44. The first-order valence-corrected chi connectivity index (χ1v) is 8.31. The van der Waals surface area contributed by atoms with E-state index in [0.717, 1.165) is 6.42 Å². The Hall–Kier alpha value is -2.01. The number of carboxylic acids is 2. The molecule has 2 rings (SSSR count). The van der Waals surface area contributed by atoms with Crippen LogP contribution in [0.2, 0.25) is 0 Å². The van der Waals surface area contributed by atoms with Crippen LogP contribution in [0.1, 0.15) is 36.0 Å². The Morgan fingerprint density at radius 3 is 2.27 bits per heavy atom. The van der Waals surface area contributed by atoms with Gasteiger partial charge in [-0.3, -0.25) is 9.36 Å². The van der Waals surface area contributed by atoms with E-state index in [4.69, 9.17) is 32.0 Å². The summed E-state index contributed by atoms with van der Waals surface area (Å²) >= 11 is 5.67. The molecule has 0 bridgehead atoms. The smallest absolute Gasteiger partial charge is 0.335 e. The summed E-state index contributed by atoms with van der Waals surface area (Å²) in [5, 5.41) is 42.3. The number of aliphatic carboxylic acids is 2. The minimum Gasteiger partial charge on any atom is -0.479 e. The van der Waals surface area contributed by atoms with Crippen molar-refractivity contribution in [3.63, 3.8) is 0 Å². The summed E-state index contributed by atoms with van der Waals surface area (Å²) in [6, 6.07) is 0. The zero-order chi connectivity index (χ0) is 20.0. The second-order valence-corrected chi connectivity index (χ2v) is 6.03. The quantitative estimate of drug-likeness (QED) is 0.396. The molecule has 5 N–H and O–H groups in total. The number of rotatable bonds is 5. The fourth-order valence-electron chi connectivity index (χ4n) is 2.42.